The maximum Gasteiger partial charge on any atom is 0.193 e. The molecular formula is C17H17ClO2. The molecule has 0 aliphatic heterocycles. The zero-order chi connectivity index (χ0) is 14.9. The molecule has 0 saturated carbocycles. The zero-order valence-electron chi connectivity index (χ0n) is 12.1. The Hall–Kier alpha value is -1.80. The molecule has 0 aliphatic carbocycles. The lowest BCUT2D eigenvalue weighted by molar-refractivity contribution is 0.103. The van der Waals surface area contributed by atoms with Gasteiger partial charge in [0.25, 0.3) is 0 Å². The predicted molar refractivity (Wildman–Crippen MR) is 82.1 cm³/mol. The first-order valence-corrected chi connectivity index (χ1v) is 6.78. The number of ketones is 1. The van der Waals surface area contributed by atoms with Gasteiger partial charge in [-0.15, -0.1) is 0 Å². The molecule has 2 aromatic rings. The van der Waals surface area contributed by atoms with Crippen LogP contribution in [0.1, 0.15) is 32.6 Å². The fourth-order valence-corrected chi connectivity index (χ4v) is 2.31. The van der Waals surface area contributed by atoms with Gasteiger partial charge in [-0.05, 0) is 67.8 Å². The highest BCUT2D eigenvalue weighted by atomic mass is 35.5. The number of ether oxygens (including phenoxy) is 1. The average molecular weight is 289 g/mol. The van der Waals surface area contributed by atoms with Crippen LogP contribution in [0.3, 0.4) is 0 Å². The number of halogens is 1. The lowest BCUT2D eigenvalue weighted by Crippen LogP contribution is -2.05. The second kappa shape index (κ2) is 5.68. The molecule has 0 radical (unpaired) electrons. The fraction of sp³-hybridized carbons (Fsp3) is 0.235. The molecule has 20 heavy (non-hydrogen) atoms. The van der Waals surface area contributed by atoms with Crippen molar-refractivity contribution in [2.24, 2.45) is 0 Å². The van der Waals surface area contributed by atoms with Crippen LogP contribution in [0, 0.1) is 20.8 Å². The molecule has 0 bridgehead atoms. The lowest BCUT2D eigenvalue weighted by Gasteiger charge is -2.11. The van der Waals surface area contributed by atoms with Crippen LogP contribution >= 0.6 is 11.6 Å². The van der Waals surface area contributed by atoms with E-state index in [4.69, 9.17) is 16.3 Å². The third kappa shape index (κ3) is 2.70. The van der Waals surface area contributed by atoms with E-state index in [1.165, 1.54) is 0 Å². The average Bonchev–Trinajstić information content (AvgIpc) is 2.43. The van der Waals surface area contributed by atoms with Crippen LogP contribution in [0.15, 0.2) is 30.3 Å². The van der Waals surface area contributed by atoms with Gasteiger partial charge in [-0.3, -0.25) is 4.79 Å². The van der Waals surface area contributed by atoms with Crippen molar-refractivity contribution in [2.45, 2.75) is 20.8 Å². The summed E-state index contributed by atoms with van der Waals surface area (Å²) in [6, 6.07) is 9.11. The molecule has 0 aliphatic rings. The Kier molecular flexibility index (Phi) is 4.15. The van der Waals surface area contributed by atoms with Crippen molar-refractivity contribution < 1.29 is 9.53 Å². The molecule has 0 heterocycles. The first kappa shape index (κ1) is 14.6. The Balaban J connectivity index is 2.48. The number of carbonyl (C=O) groups excluding carboxylic acids is 1. The Morgan fingerprint density at radius 1 is 1.00 bits per heavy atom. The quantitative estimate of drug-likeness (QED) is 0.777. The van der Waals surface area contributed by atoms with Crippen LogP contribution in [0.2, 0.25) is 5.02 Å². The summed E-state index contributed by atoms with van der Waals surface area (Å²) in [5.74, 6) is 0.805. The Bertz CT molecular complexity index is 675. The van der Waals surface area contributed by atoms with E-state index >= 15 is 0 Å². The molecular weight excluding hydrogens is 272 g/mol. The highest BCUT2D eigenvalue weighted by Gasteiger charge is 2.14. The number of carbonyl (C=O) groups is 1. The first-order valence-electron chi connectivity index (χ1n) is 6.40. The normalized spacial score (nSPS) is 10.4. The third-order valence-corrected chi connectivity index (χ3v) is 3.83. The SMILES string of the molecule is COc1cc(C)c(C(=O)c2ccc(Cl)c(C)c2)cc1C. The molecule has 2 aromatic carbocycles. The van der Waals surface area contributed by atoms with Crippen LogP contribution in [-0.2, 0) is 0 Å². The number of hydrogen-bond acceptors (Lipinski definition) is 2. The van der Waals surface area contributed by atoms with E-state index in [2.05, 4.69) is 0 Å². The van der Waals surface area contributed by atoms with Gasteiger partial charge in [-0.25, -0.2) is 0 Å². The van der Waals surface area contributed by atoms with Crippen LogP contribution < -0.4 is 4.74 Å². The fourth-order valence-electron chi connectivity index (χ4n) is 2.20. The van der Waals surface area contributed by atoms with Gasteiger partial charge in [0.2, 0.25) is 0 Å². The molecule has 0 fully saturated rings. The Labute approximate surface area is 124 Å². The van der Waals surface area contributed by atoms with Gasteiger partial charge in [0.05, 0.1) is 7.11 Å². The molecule has 0 N–H and O–H groups in total. The highest BCUT2D eigenvalue weighted by Crippen LogP contribution is 2.25. The van der Waals surface area contributed by atoms with Gasteiger partial charge >= 0.3 is 0 Å². The smallest absolute Gasteiger partial charge is 0.193 e. The van der Waals surface area contributed by atoms with Crippen LogP contribution in [0.5, 0.6) is 5.75 Å². The van der Waals surface area contributed by atoms with Crippen LogP contribution in [-0.4, -0.2) is 12.9 Å². The van der Waals surface area contributed by atoms with E-state index in [0.717, 1.165) is 22.4 Å². The molecule has 104 valence electrons. The van der Waals surface area contributed by atoms with Crippen LogP contribution in [0.4, 0.5) is 0 Å². The van der Waals surface area contributed by atoms with Crippen molar-refractivity contribution in [1.29, 1.82) is 0 Å². The highest BCUT2D eigenvalue weighted by molar-refractivity contribution is 6.31. The minimum absolute atomic E-state index is 0.00743. The van der Waals surface area contributed by atoms with Crippen molar-refractivity contribution in [1.82, 2.24) is 0 Å². The van der Waals surface area contributed by atoms with Crippen molar-refractivity contribution in [3.63, 3.8) is 0 Å². The van der Waals surface area contributed by atoms with E-state index in [-0.39, 0.29) is 5.78 Å². The van der Waals surface area contributed by atoms with E-state index in [1.807, 2.05) is 39.0 Å². The van der Waals surface area contributed by atoms with Crippen molar-refractivity contribution in [2.75, 3.05) is 7.11 Å². The topological polar surface area (TPSA) is 26.3 Å². The molecule has 0 amide bonds. The van der Waals surface area contributed by atoms with Gasteiger partial charge in [0.1, 0.15) is 5.75 Å². The monoisotopic (exact) mass is 288 g/mol. The van der Waals surface area contributed by atoms with Crippen LogP contribution in [0.25, 0.3) is 0 Å². The van der Waals surface area contributed by atoms with E-state index in [9.17, 15) is 4.79 Å². The minimum Gasteiger partial charge on any atom is -0.496 e. The summed E-state index contributed by atoms with van der Waals surface area (Å²) in [6.07, 6.45) is 0. The van der Waals surface area contributed by atoms with Gasteiger partial charge in [0.15, 0.2) is 5.78 Å². The van der Waals surface area contributed by atoms with Crippen molar-refractivity contribution >= 4 is 17.4 Å². The molecule has 2 rings (SSSR count). The molecule has 3 heteroatoms. The number of benzene rings is 2. The molecule has 0 saturated heterocycles. The van der Waals surface area contributed by atoms with E-state index < -0.39 is 0 Å². The summed E-state index contributed by atoms with van der Waals surface area (Å²) < 4.78 is 5.27. The van der Waals surface area contributed by atoms with Gasteiger partial charge in [0, 0.05) is 16.1 Å². The van der Waals surface area contributed by atoms with Gasteiger partial charge in [-0.1, -0.05) is 11.6 Å². The largest absolute Gasteiger partial charge is 0.496 e. The summed E-state index contributed by atoms with van der Waals surface area (Å²) in [4.78, 5) is 12.6. The summed E-state index contributed by atoms with van der Waals surface area (Å²) in [6.45, 7) is 5.74. The molecule has 0 unspecified atom stereocenters. The minimum atomic E-state index is 0.00743. The summed E-state index contributed by atoms with van der Waals surface area (Å²) in [5, 5.41) is 0.671. The number of rotatable bonds is 3. The first-order chi connectivity index (χ1) is 9.43. The van der Waals surface area contributed by atoms with Gasteiger partial charge < -0.3 is 4.74 Å². The number of hydrogen-bond donors (Lipinski definition) is 0. The maximum atomic E-state index is 12.6. The van der Waals surface area contributed by atoms with Gasteiger partial charge in [-0.2, -0.15) is 0 Å². The summed E-state index contributed by atoms with van der Waals surface area (Å²) in [7, 11) is 1.63. The molecule has 0 spiro atoms. The number of aryl methyl sites for hydroxylation is 3. The standard InChI is InChI=1S/C17H17ClO2/c1-10-9-16(20-4)12(3)8-14(10)17(19)13-5-6-15(18)11(2)7-13/h5-9H,1-4H3. The second-order valence-electron chi connectivity index (χ2n) is 4.93. The lowest BCUT2D eigenvalue weighted by atomic mass is 9.96. The summed E-state index contributed by atoms with van der Waals surface area (Å²) in [5.41, 5.74) is 4.11. The third-order valence-electron chi connectivity index (χ3n) is 3.41. The molecule has 0 atom stereocenters. The molecule has 2 nitrogen and oxygen atoms in total. The molecule has 0 aromatic heterocycles. The number of methoxy groups -OCH3 is 1. The van der Waals surface area contributed by atoms with E-state index in [0.29, 0.717) is 16.1 Å². The Morgan fingerprint density at radius 3 is 2.30 bits per heavy atom. The van der Waals surface area contributed by atoms with Crippen molar-refractivity contribution in [3.05, 3.63) is 63.2 Å². The van der Waals surface area contributed by atoms with E-state index in [1.54, 1.807) is 19.2 Å². The summed E-state index contributed by atoms with van der Waals surface area (Å²) >= 11 is 6.00. The van der Waals surface area contributed by atoms with Crippen molar-refractivity contribution in [3.8, 4) is 5.75 Å². The maximum absolute atomic E-state index is 12.6. The predicted octanol–water partition coefficient (Wildman–Crippen LogP) is 4.50. The zero-order valence-corrected chi connectivity index (χ0v) is 12.8. The second-order valence-corrected chi connectivity index (χ2v) is 5.34. The Morgan fingerprint density at radius 2 is 1.70 bits per heavy atom.